The first-order valence-electron chi connectivity index (χ1n) is 13.7. The Labute approximate surface area is 287 Å². The predicted octanol–water partition coefficient (Wildman–Crippen LogP) is 2.08. The van der Waals surface area contributed by atoms with Gasteiger partial charge >= 0.3 is 290 Å². The van der Waals surface area contributed by atoms with Gasteiger partial charge in [0.15, 0.2) is 0 Å². The van der Waals surface area contributed by atoms with Crippen molar-refractivity contribution in [2.24, 2.45) is 0 Å². The van der Waals surface area contributed by atoms with Gasteiger partial charge in [0, 0.05) is 0 Å². The van der Waals surface area contributed by atoms with Gasteiger partial charge in [0.2, 0.25) is 0 Å². The van der Waals surface area contributed by atoms with Crippen molar-refractivity contribution in [1.82, 2.24) is 0 Å². The maximum atomic E-state index is 13.0. The molecule has 13 nitrogen and oxygen atoms in total. The first kappa shape index (κ1) is 36.2. The van der Waals surface area contributed by atoms with Crippen molar-refractivity contribution in [3.8, 4) is 0 Å². The number of rotatable bonds is 14. The Hall–Kier alpha value is -3.67. The Morgan fingerprint density at radius 2 is 0.574 bits per heavy atom. The van der Waals surface area contributed by atoms with Gasteiger partial charge in [0.05, 0.1) is 0 Å². The van der Waals surface area contributed by atoms with E-state index in [0.29, 0.717) is 0 Å². The van der Waals surface area contributed by atoms with Crippen molar-refractivity contribution < 1.29 is 51.7 Å². The van der Waals surface area contributed by atoms with E-state index in [0.717, 1.165) is 0 Å². The number of carbonyl (C=O) groups excluding carboxylic acids is 4. The molecular weight excluding hydrogens is 1010 g/mol. The minimum atomic E-state index is -5.08. The number of benzene rings is 4. The Morgan fingerprint density at radius 1 is 0.383 bits per heavy atom. The van der Waals surface area contributed by atoms with Gasteiger partial charge in [-0.3, -0.25) is 0 Å². The Morgan fingerprint density at radius 3 is 0.766 bits per heavy atom. The van der Waals surface area contributed by atoms with Crippen molar-refractivity contribution in [3.63, 3.8) is 0 Å². The van der Waals surface area contributed by atoms with Crippen LogP contribution in [0, 0.1) is 0 Å². The minimum absolute atomic E-state index is 0.131. The van der Waals surface area contributed by atoms with Crippen molar-refractivity contribution in [2.45, 2.75) is 24.4 Å². The van der Waals surface area contributed by atoms with E-state index < -0.39 is 94.4 Å². The first-order valence-corrected chi connectivity index (χ1v) is 22.2. The molecule has 0 spiro atoms. The van der Waals surface area contributed by atoms with E-state index in [1.165, 1.54) is 48.5 Å². The molecule has 0 unspecified atom stereocenters. The van der Waals surface area contributed by atoms with Crippen LogP contribution in [0.25, 0.3) is 0 Å². The summed E-state index contributed by atoms with van der Waals surface area (Å²) in [6, 6.07) is 30.5. The van der Waals surface area contributed by atoms with Crippen LogP contribution in [0.15, 0.2) is 121 Å². The monoisotopic (exact) mass is 1040 g/mol. The van der Waals surface area contributed by atoms with E-state index in [1.54, 1.807) is 72.8 Å². The Kier molecular flexibility index (Phi) is 13.9. The molecule has 4 aromatic rings. The van der Waals surface area contributed by atoms with E-state index in [2.05, 4.69) is 0 Å². The van der Waals surface area contributed by atoms with E-state index in [4.69, 9.17) is 12.1 Å². The number of aliphatic hydroxyl groups excluding tert-OH is 4. The van der Waals surface area contributed by atoms with Gasteiger partial charge in [-0.25, -0.2) is 0 Å². The number of carbonyl (C=O) groups is 4. The van der Waals surface area contributed by atoms with E-state index in [-0.39, 0.29) is 22.3 Å². The maximum absolute atomic E-state index is 13.0. The third-order valence-electron chi connectivity index (χ3n) is 6.15. The van der Waals surface area contributed by atoms with Crippen molar-refractivity contribution >= 4 is 70.0 Å². The van der Waals surface area contributed by atoms with Gasteiger partial charge in [-0.2, -0.15) is 0 Å². The summed E-state index contributed by atoms with van der Waals surface area (Å²) in [5, 5.41) is 42.3. The van der Waals surface area contributed by atoms with Gasteiger partial charge < -0.3 is 0 Å². The van der Waals surface area contributed by atoms with E-state index >= 15 is 0 Å². The zero-order chi connectivity index (χ0) is 33.8. The van der Waals surface area contributed by atoms with E-state index in [1.807, 2.05) is 0 Å². The number of hydrogen-bond acceptors (Lipinski definition) is 13. The molecule has 0 aliphatic rings. The average Bonchev–Trinajstić information content (AvgIpc) is 3.11. The van der Waals surface area contributed by atoms with Crippen LogP contribution in [0.3, 0.4) is 0 Å². The van der Waals surface area contributed by atoms with Crippen LogP contribution in [-0.2, 0) is 31.3 Å². The SMILES string of the molecule is O=C([O][Bi]([O]C(=O)[C@@H](O)c1ccccc1)[O][Bi]([O]C(=O)[C@@H](O)c1ccccc1)[O]C(=O)[C@@H](O)c1ccccc1)[C@@H](O)c1ccccc1. The molecule has 0 aliphatic carbocycles. The zero-order valence-electron chi connectivity index (χ0n) is 24.2. The molecular formula is C32H28Bi2O13. The van der Waals surface area contributed by atoms with Gasteiger partial charge in [-0.15, -0.1) is 0 Å². The van der Waals surface area contributed by atoms with Crippen LogP contribution < -0.4 is 0 Å². The first-order chi connectivity index (χ1) is 22.6. The summed E-state index contributed by atoms with van der Waals surface area (Å²) in [5.41, 5.74) is 0.524. The molecule has 0 bridgehead atoms. The Balaban J connectivity index is 1.60. The average molecular weight is 1040 g/mol. The fourth-order valence-corrected chi connectivity index (χ4v) is 17.1. The molecule has 4 atom stereocenters. The summed E-state index contributed by atoms with van der Waals surface area (Å²) < 4.78 is 26.8. The second-order valence-electron chi connectivity index (χ2n) is 9.42. The quantitative estimate of drug-likeness (QED) is 0.134. The van der Waals surface area contributed by atoms with E-state index in [9.17, 15) is 39.6 Å². The van der Waals surface area contributed by atoms with Crippen LogP contribution in [0.5, 0.6) is 0 Å². The molecule has 0 saturated heterocycles. The molecule has 0 radical (unpaired) electrons. The van der Waals surface area contributed by atoms with Crippen molar-refractivity contribution in [1.29, 1.82) is 0 Å². The summed E-state index contributed by atoms with van der Waals surface area (Å²) in [4.78, 5) is 51.8. The third-order valence-corrected chi connectivity index (χ3v) is 21.4. The summed E-state index contributed by atoms with van der Waals surface area (Å²) in [7, 11) is 0. The topological polar surface area (TPSA) is 195 Å². The fraction of sp³-hybridized carbons (Fsp3) is 0.125. The number of hydrogen-bond donors (Lipinski definition) is 4. The molecule has 4 N–H and O–H groups in total. The zero-order valence-corrected chi connectivity index (χ0v) is 31.2. The fourth-order valence-electron chi connectivity index (χ4n) is 3.74. The molecule has 4 rings (SSSR count). The standard InChI is InChI=1S/4C8H8O3.2Bi.O/c4*9-7(8(10)11)6-4-2-1-3-5-6;;;/h4*1-5,7,9H,(H,10,11);;;/q;;;;2*+2;/p-4/t4*7-;;;/m0000.../s1. The molecule has 47 heavy (non-hydrogen) atoms. The molecule has 0 aromatic heterocycles. The van der Waals surface area contributed by atoms with Crippen molar-refractivity contribution in [3.05, 3.63) is 144 Å². The molecule has 4 aromatic carbocycles. The Bertz CT molecular complexity index is 1370. The van der Waals surface area contributed by atoms with Gasteiger partial charge in [0.25, 0.3) is 0 Å². The summed E-state index contributed by atoms with van der Waals surface area (Å²) in [6.07, 6.45) is -7.42. The molecule has 0 saturated carbocycles. The van der Waals surface area contributed by atoms with Gasteiger partial charge in [-0.1, -0.05) is 0 Å². The summed E-state index contributed by atoms with van der Waals surface area (Å²) >= 11 is -10.2. The van der Waals surface area contributed by atoms with Crippen LogP contribution >= 0.6 is 0 Å². The van der Waals surface area contributed by atoms with Crippen molar-refractivity contribution in [2.75, 3.05) is 0 Å². The number of aliphatic hydroxyl groups is 4. The molecule has 15 heteroatoms. The normalized spacial score (nSPS) is 13.6. The third kappa shape index (κ3) is 10.7. The predicted molar refractivity (Wildman–Crippen MR) is 163 cm³/mol. The molecule has 0 aliphatic heterocycles. The van der Waals surface area contributed by atoms with Crippen LogP contribution in [0.4, 0.5) is 0 Å². The van der Waals surface area contributed by atoms with Crippen LogP contribution in [0.2, 0.25) is 0 Å². The molecule has 0 fully saturated rings. The second-order valence-corrected chi connectivity index (χ2v) is 21.9. The summed E-state index contributed by atoms with van der Waals surface area (Å²) in [5.74, 6) is -5.20. The van der Waals surface area contributed by atoms with Crippen LogP contribution in [-0.4, -0.2) is 90.4 Å². The van der Waals surface area contributed by atoms with Gasteiger partial charge in [0.1, 0.15) is 0 Å². The summed E-state index contributed by atoms with van der Waals surface area (Å²) in [6.45, 7) is 0. The molecule has 0 amide bonds. The molecule has 0 heterocycles. The molecule has 244 valence electrons. The second kappa shape index (κ2) is 18.0. The van der Waals surface area contributed by atoms with Gasteiger partial charge in [-0.05, 0) is 0 Å². The van der Waals surface area contributed by atoms with Crippen LogP contribution in [0.1, 0.15) is 46.7 Å².